The van der Waals surface area contributed by atoms with Crippen molar-refractivity contribution >= 4 is 21.8 Å². The van der Waals surface area contributed by atoms with Crippen LogP contribution in [-0.2, 0) is 4.79 Å². The molecule has 0 aromatic carbocycles. The van der Waals surface area contributed by atoms with E-state index in [-0.39, 0.29) is 5.91 Å². The van der Waals surface area contributed by atoms with Crippen molar-refractivity contribution in [2.45, 2.75) is 32.7 Å². The fourth-order valence-corrected chi connectivity index (χ4v) is 1.58. The third-order valence-corrected chi connectivity index (χ3v) is 2.69. The maximum Gasteiger partial charge on any atom is 0.233 e. The lowest BCUT2D eigenvalue weighted by molar-refractivity contribution is -0.130. The molecule has 0 N–H and O–H groups in total. The van der Waals surface area contributed by atoms with Crippen LogP contribution in [0.15, 0.2) is 0 Å². The number of halogens is 1. The lowest BCUT2D eigenvalue weighted by atomic mass is 10.3. The van der Waals surface area contributed by atoms with Gasteiger partial charge >= 0.3 is 0 Å². The van der Waals surface area contributed by atoms with Crippen LogP contribution in [0.1, 0.15) is 26.7 Å². The van der Waals surface area contributed by atoms with E-state index in [1.807, 2.05) is 4.90 Å². The van der Waals surface area contributed by atoms with E-state index in [1.54, 1.807) is 0 Å². The van der Waals surface area contributed by atoms with E-state index >= 15 is 0 Å². The van der Waals surface area contributed by atoms with E-state index in [9.17, 15) is 4.79 Å². The molecule has 0 heterocycles. The van der Waals surface area contributed by atoms with Crippen molar-refractivity contribution in [3.8, 4) is 0 Å². The van der Waals surface area contributed by atoms with Crippen LogP contribution in [0, 0.1) is 5.92 Å². The summed E-state index contributed by atoms with van der Waals surface area (Å²) in [6.45, 7) is 5.11. The molecule has 0 unspecified atom stereocenters. The minimum atomic E-state index is 0.219. The Morgan fingerprint density at radius 3 is 2.50 bits per heavy atom. The van der Waals surface area contributed by atoms with Crippen LogP contribution < -0.4 is 0 Å². The molecule has 1 aliphatic carbocycles. The lowest BCUT2D eigenvalue weighted by Crippen LogP contribution is -2.39. The third kappa shape index (κ3) is 2.77. The van der Waals surface area contributed by atoms with Gasteiger partial charge < -0.3 is 4.90 Å². The van der Waals surface area contributed by atoms with Crippen LogP contribution in [0.3, 0.4) is 0 Å². The summed E-state index contributed by atoms with van der Waals surface area (Å²) in [6, 6.07) is 0.343. The minimum Gasteiger partial charge on any atom is -0.339 e. The summed E-state index contributed by atoms with van der Waals surface area (Å²) in [5, 5.41) is 0.456. The van der Waals surface area contributed by atoms with Crippen molar-refractivity contribution in [3.63, 3.8) is 0 Å². The Labute approximate surface area is 82.4 Å². The summed E-state index contributed by atoms with van der Waals surface area (Å²) in [4.78, 5) is 13.4. The van der Waals surface area contributed by atoms with Gasteiger partial charge in [-0.1, -0.05) is 15.9 Å². The van der Waals surface area contributed by atoms with Gasteiger partial charge in [0.05, 0.1) is 5.33 Å². The summed E-state index contributed by atoms with van der Waals surface area (Å²) in [6.07, 6.45) is 2.61. The quantitative estimate of drug-likeness (QED) is 0.681. The zero-order valence-corrected chi connectivity index (χ0v) is 9.30. The first kappa shape index (κ1) is 10.0. The van der Waals surface area contributed by atoms with E-state index in [0.717, 1.165) is 12.5 Å². The van der Waals surface area contributed by atoms with E-state index in [0.29, 0.717) is 11.4 Å². The number of nitrogens with zero attached hydrogens (tertiary/aromatic N) is 1. The van der Waals surface area contributed by atoms with E-state index < -0.39 is 0 Å². The summed E-state index contributed by atoms with van der Waals surface area (Å²) < 4.78 is 0. The van der Waals surface area contributed by atoms with Crippen molar-refractivity contribution in [1.29, 1.82) is 0 Å². The van der Waals surface area contributed by atoms with Crippen LogP contribution in [0.2, 0.25) is 0 Å². The lowest BCUT2D eigenvalue weighted by Gasteiger charge is -2.25. The van der Waals surface area contributed by atoms with Gasteiger partial charge in [-0.25, -0.2) is 0 Å². The van der Waals surface area contributed by atoms with Gasteiger partial charge in [0.1, 0.15) is 0 Å². The Hall–Kier alpha value is -0.0500. The van der Waals surface area contributed by atoms with Gasteiger partial charge in [-0.05, 0) is 32.6 Å². The van der Waals surface area contributed by atoms with Gasteiger partial charge in [-0.2, -0.15) is 0 Å². The van der Waals surface area contributed by atoms with E-state index in [2.05, 4.69) is 29.8 Å². The molecule has 0 saturated heterocycles. The second-order valence-electron chi connectivity index (χ2n) is 3.72. The number of rotatable bonds is 4. The van der Waals surface area contributed by atoms with Crippen molar-refractivity contribution in [1.82, 2.24) is 4.90 Å². The molecular formula is C9H16BrNO. The fourth-order valence-electron chi connectivity index (χ4n) is 1.26. The zero-order valence-electron chi connectivity index (χ0n) is 7.72. The smallest absolute Gasteiger partial charge is 0.233 e. The molecule has 0 radical (unpaired) electrons. The number of carbonyl (C=O) groups is 1. The molecular weight excluding hydrogens is 218 g/mol. The average Bonchev–Trinajstić information content (AvgIpc) is 2.81. The predicted octanol–water partition coefficient (Wildman–Crippen LogP) is 2.03. The molecule has 1 fully saturated rings. The number of carbonyl (C=O) groups excluding carboxylic acids is 1. The van der Waals surface area contributed by atoms with Crippen LogP contribution >= 0.6 is 15.9 Å². The van der Waals surface area contributed by atoms with E-state index in [4.69, 9.17) is 0 Å². The SMILES string of the molecule is CC(C)N(CC1CC1)C(=O)CBr. The first-order chi connectivity index (χ1) is 5.65. The Morgan fingerprint density at radius 2 is 2.17 bits per heavy atom. The topological polar surface area (TPSA) is 20.3 Å². The molecule has 1 amide bonds. The molecule has 12 heavy (non-hydrogen) atoms. The van der Waals surface area contributed by atoms with Gasteiger partial charge in [0, 0.05) is 12.6 Å². The molecule has 0 aliphatic heterocycles. The van der Waals surface area contributed by atoms with Gasteiger partial charge in [0.15, 0.2) is 0 Å². The van der Waals surface area contributed by atoms with Crippen molar-refractivity contribution in [2.24, 2.45) is 5.92 Å². The summed E-state index contributed by atoms with van der Waals surface area (Å²) in [7, 11) is 0. The third-order valence-electron chi connectivity index (χ3n) is 2.21. The zero-order chi connectivity index (χ0) is 9.14. The van der Waals surface area contributed by atoms with Gasteiger partial charge in [-0.15, -0.1) is 0 Å². The molecule has 3 heteroatoms. The molecule has 1 rings (SSSR count). The predicted molar refractivity (Wildman–Crippen MR) is 53.4 cm³/mol. The van der Waals surface area contributed by atoms with Crippen molar-refractivity contribution in [2.75, 3.05) is 11.9 Å². The van der Waals surface area contributed by atoms with Gasteiger partial charge in [0.25, 0.3) is 0 Å². The highest BCUT2D eigenvalue weighted by Gasteiger charge is 2.27. The van der Waals surface area contributed by atoms with Crippen LogP contribution in [-0.4, -0.2) is 28.7 Å². The second-order valence-corrected chi connectivity index (χ2v) is 4.28. The van der Waals surface area contributed by atoms with Gasteiger partial charge in [-0.3, -0.25) is 4.79 Å². The Bertz CT molecular complexity index is 166. The van der Waals surface area contributed by atoms with Crippen LogP contribution in [0.4, 0.5) is 0 Å². The van der Waals surface area contributed by atoms with Crippen LogP contribution in [0.25, 0.3) is 0 Å². The highest BCUT2D eigenvalue weighted by Crippen LogP contribution is 2.30. The maximum atomic E-state index is 11.4. The molecule has 0 aromatic heterocycles. The second kappa shape index (κ2) is 4.26. The maximum absolute atomic E-state index is 11.4. The number of hydrogen-bond acceptors (Lipinski definition) is 1. The molecule has 0 spiro atoms. The number of hydrogen-bond donors (Lipinski definition) is 0. The first-order valence-corrected chi connectivity index (χ1v) is 5.62. The standard InChI is InChI=1S/C9H16BrNO/c1-7(2)11(9(12)5-10)6-8-3-4-8/h7-8H,3-6H2,1-2H3. The average molecular weight is 234 g/mol. The summed E-state index contributed by atoms with van der Waals surface area (Å²) in [5.41, 5.74) is 0. The van der Waals surface area contributed by atoms with Crippen molar-refractivity contribution < 1.29 is 4.79 Å². The Morgan fingerprint density at radius 1 is 1.58 bits per heavy atom. The first-order valence-electron chi connectivity index (χ1n) is 4.50. The summed E-state index contributed by atoms with van der Waals surface area (Å²) in [5.74, 6) is 1.01. The Kier molecular flexibility index (Phi) is 3.56. The molecule has 0 aromatic rings. The molecule has 2 nitrogen and oxygen atoms in total. The molecule has 0 bridgehead atoms. The number of amides is 1. The highest BCUT2D eigenvalue weighted by molar-refractivity contribution is 9.09. The van der Waals surface area contributed by atoms with E-state index in [1.165, 1.54) is 12.8 Å². The van der Waals surface area contributed by atoms with Gasteiger partial charge in [0.2, 0.25) is 5.91 Å². The molecule has 1 saturated carbocycles. The Balaban J connectivity index is 2.41. The van der Waals surface area contributed by atoms with Crippen LogP contribution in [0.5, 0.6) is 0 Å². The molecule has 0 atom stereocenters. The number of alkyl halides is 1. The van der Waals surface area contributed by atoms with Crippen molar-refractivity contribution in [3.05, 3.63) is 0 Å². The highest BCUT2D eigenvalue weighted by atomic mass is 79.9. The minimum absolute atomic E-state index is 0.219. The fraction of sp³-hybridized carbons (Fsp3) is 0.889. The molecule has 1 aliphatic rings. The normalized spacial score (nSPS) is 16.7. The molecule has 70 valence electrons. The summed E-state index contributed by atoms with van der Waals surface area (Å²) >= 11 is 3.20. The largest absolute Gasteiger partial charge is 0.339 e. The monoisotopic (exact) mass is 233 g/mol.